The SMILES string of the molecule is CCc1ccc(CNc2ncnc(N)c2C(C)C)s1. The molecule has 5 heteroatoms. The van der Waals surface area contributed by atoms with Gasteiger partial charge < -0.3 is 11.1 Å². The first-order chi connectivity index (χ1) is 9.11. The molecule has 19 heavy (non-hydrogen) atoms. The smallest absolute Gasteiger partial charge is 0.135 e. The van der Waals surface area contributed by atoms with Crippen molar-refractivity contribution in [2.75, 3.05) is 11.1 Å². The first kappa shape index (κ1) is 13.8. The van der Waals surface area contributed by atoms with Gasteiger partial charge in [0.05, 0.1) is 6.54 Å². The van der Waals surface area contributed by atoms with E-state index in [1.165, 1.54) is 16.1 Å². The molecule has 3 N–H and O–H groups in total. The highest BCUT2D eigenvalue weighted by Crippen LogP contribution is 2.27. The highest BCUT2D eigenvalue weighted by atomic mass is 32.1. The van der Waals surface area contributed by atoms with E-state index in [1.54, 1.807) is 0 Å². The van der Waals surface area contributed by atoms with Gasteiger partial charge in [-0.1, -0.05) is 20.8 Å². The number of nitrogen functional groups attached to an aromatic ring is 1. The summed E-state index contributed by atoms with van der Waals surface area (Å²) in [7, 11) is 0. The summed E-state index contributed by atoms with van der Waals surface area (Å²) < 4.78 is 0. The molecule has 0 aliphatic carbocycles. The summed E-state index contributed by atoms with van der Waals surface area (Å²) in [6.45, 7) is 7.15. The standard InChI is InChI=1S/C14H20N4S/c1-4-10-5-6-11(19-10)7-16-14-12(9(2)3)13(15)17-8-18-14/h5-6,8-9H,4,7H2,1-3H3,(H3,15,16,17,18). The lowest BCUT2D eigenvalue weighted by Crippen LogP contribution is -2.08. The van der Waals surface area contributed by atoms with E-state index in [-0.39, 0.29) is 0 Å². The molecule has 0 unspecified atom stereocenters. The van der Waals surface area contributed by atoms with Crippen LogP contribution in [0.1, 0.15) is 42.0 Å². The van der Waals surface area contributed by atoms with Crippen molar-refractivity contribution in [3.63, 3.8) is 0 Å². The number of aryl methyl sites for hydroxylation is 1. The van der Waals surface area contributed by atoms with Gasteiger partial charge in [0.25, 0.3) is 0 Å². The van der Waals surface area contributed by atoms with E-state index in [2.05, 4.69) is 48.2 Å². The molecule has 2 aromatic heterocycles. The second-order valence-corrected chi connectivity index (χ2v) is 6.00. The molecule has 4 nitrogen and oxygen atoms in total. The van der Waals surface area contributed by atoms with Crippen molar-refractivity contribution < 1.29 is 0 Å². The van der Waals surface area contributed by atoms with Crippen molar-refractivity contribution in [3.8, 4) is 0 Å². The predicted octanol–water partition coefficient (Wildman–Crippen LogP) is 3.42. The van der Waals surface area contributed by atoms with Gasteiger partial charge in [-0.05, 0) is 24.5 Å². The summed E-state index contributed by atoms with van der Waals surface area (Å²) in [6, 6.07) is 4.34. The maximum absolute atomic E-state index is 5.93. The molecule has 0 aliphatic heterocycles. The van der Waals surface area contributed by atoms with Gasteiger partial charge in [0.2, 0.25) is 0 Å². The van der Waals surface area contributed by atoms with Crippen molar-refractivity contribution in [2.45, 2.75) is 39.7 Å². The Hall–Kier alpha value is -1.62. The second kappa shape index (κ2) is 6.02. The van der Waals surface area contributed by atoms with Crippen LogP contribution in [0.15, 0.2) is 18.5 Å². The molecule has 0 aliphatic rings. The van der Waals surface area contributed by atoms with Crippen molar-refractivity contribution in [2.24, 2.45) is 0 Å². The molecule has 2 heterocycles. The van der Waals surface area contributed by atoms with Gasteiger partial charge in [-0.3, -0.25) is 0 Å². The Labute approximate surface area is 118 Å². The van der Waals surface area contributed by atoms with E-state index in [4.69, 9.17) is 5.73 Å². The number of anilines is 2. The van der Waals surface area contributed by atoms with E-state index >= 15 is 0 Å². The minimum absolute atomic E-state index is 0.304. The van der Waals surface area contributed by atoms with Crippen LogP contribution in [0.5, 0.6) is 0 Å². The third-order valence-electron chi connectivity index (χ3n) is 2.99. The maximum atomic E-state index is 5.93. The van der Waals surface area contributed by atoms with Gasteiger partial charge >= 0.3 is 0 Å². The van der Waals surface area contributed by atoms with E-state index < -0.39 is 0 Å². The lowest BCUT2D eigenvalue weighted by Gasteiger charge is -2.14. The molecular weight excluding hydrogens is 256 g/mol. The predicted molar refractivity (Wildman–Crippen MR) is 81.6 cm³/mol. The Morgan fingerprint density at radius 3 is 2.63 bits per heavy atom. The number of thiophene rings is 1. The zero-order chi connectivity index (χ0) is 13.8. The molecule has 0 saturated heterocycles. The van der Waals surface area contributed by atoms with E-state index in [0.29, 0.717) is 11.7 Å². The third-order valence-corrected chi connectivity index (χ3v) is 4.22. The fourth-order valence-electron chi connectivity index (χ4n) is 2.00. The molecule has 2 aromatic rings. The highest BCUT2D eigenvalue weighted by Gasteiger charge is 2.12. The first-order valence-corrected chi connectivity index (χ1v) is 7.35. The Morgan fingerprint density at radius 2 is 2.00 bits per heavy atom. The number of hydrogen-bond acceptors (Lipinski definition) is 5. The van der Waals surface area contributed by atoms with Crippen LogP contribution < -0.4 is 11.1 Å². The lowest BCUT2D eigenvalue weighted by atomic mass is 10.0. The molecular formula is C14H20N4S. The molecule has 0 amide bonds. The molecule has 2 rings (SSSR count). The van der Waals surface area contributed by atoms with Crippen LogP contribution in [-0.4, -0.2) is 9.97 Å². The Bertz CT molecular complexity index is 548. The summed E-state index contributed by atoms with van der Waals surface area (Å²) >= 11 is 1.83. The summed E-state index contributed by atoms with van der Waals surface area (Å²) in [5, 5.41) is 3.37. The Kier molecular flexibility index (Phi) is 4.37. The van der Waals surface area contributed by atoms with Gasteiger partial charge in [-0.2, -0.15) is 0 Å². The Morgan fingerprint density at radius 1 is 1.26 bits per heavy atom. The van der Waals surface area contributed by atoms with Crippen LogP contribution in [0, 0.1) is 0 Å². The normalized spacial score (nSPS) is 10.9. The monoisotopic (exact) mass is 276 g/mol. The van der Waals surface area contributed by atoms with Crippen molar-refractivity contribution in [1.29, 1.82) is 0 Å². The molecule has 0 saturated carbocycles. The van der Waals surface area contributed by atoms with Crippen LogP contribution in [0.2, 0.25) is 0 Å². The number of rotatable bonds is 5. The number of hydrogen-bond donors (Lipinski definition) is 2. The summed E-state index contributed by atoms with van der Waals surface area (Å²) in [5.74, 6) is 1.71. The summed E-state index contributed by atoms with van der Waals surface area (Å²) in [4.78, 5) is 11.1. The largest absolute Gasteiger partial charge is 0.383 e. The Balaban J connectivity index is 2.13. The molecule has 0 spiro atoms. The zero-order valence-electron chi connectivity index (χ0n) is 11.6. The number of nitrogens with one attached hydrogen (secondary N) is 1. The first-order valence-electron chi connectivity index (χ1n) is 6.53. The van der Waals surface area contributed by atoms with Crippen LogP contribution in [0.3, 0.4) is 0 Å². The molecule has 102 valence electrons. The highest BCUT2D eigenvalue weighted by molar-refractivity contribution is 7.12. The topological polar surface area (TPSA) is 63.8 Å². The van der Waals surface area contributed by atoms with E-state index in [0.717, 1.165) is 24.3 Å². The van der Waals surface area contributed by atoms with Crippen LogP contribution >= 0.6 is 11.3 Å². The fourth-order valence-corrected chi connectivity index (χ4v) is 2.90. The van der Waals surface area contributed by atoms with Gasteiger partial charge in [-0.15, -0.1) is 11.3 Å². The lowest BCUT2D eigenvalue weighted by molar-refractivity contribution is 0.850. The van der Waals surface area contributed by atoms with Crippen LogP contribution in [0.25, 0.3) is 0 Å². The second-order valence-electron chi connectivity index (χ2n) is 4.75. The molecule has 0 radical (unpaired) electrons. The number of aromatic nitrogens is 2. The summed E-state index contributed by atoms with van der Waals surface area (Å²) in [5.41, 5.74) is 6.92. The fraction of sp³-hybridized carbons (Fsp3) is 0.429. The minimum Gasteiger partial charge on any atom is -0.383 e. The average Bonchev–Trinajstić information content (AvgIpc) is 2.83. The van der Waals surface area contributed by atoms with Crippen molar-refractivity contribution >= 4 is 23.0 Å². The van der Waals surface area contributed by atoms with E-state index in [1.807, 2.05) is 11.3 Å². The van der Waals surface area contributed by atoms with Gasteiger partial charge in [0, 0.05) is 15.3 Å². The quantitative estimate of drug-likeness (QED) is 0.878. The van der Waals surface area contributed by atoms with Crippen LogP contribution in [-0.2, 0) is 13.0 Å². The summed E-state index contributed by atoms with van der Waals surface area (Å²) in [6.07, 6.45) is 2.60. The van der Waals surface area contributed by atoms with Crippen molar-refractivity contribution in [1.82, 2.24) is 9.97 Å². The molecule has 0 fully saturated rings. The molecule has 0 bridgehead atoms. The average molecular weight is 276 g/mol. The van der Waals surface area contributed by atoms with Crippen LogP contribution in [0.4, 0.5) is 11.6 Å². The maximum Gasteiger partial charge on any atom is 0.135 e. The van der Waals surface area contributed by atoms with Crippen molar-refractivity contribution in [3.05, 3.63) is 33.8 Å². The van der Waals surface area contributed by atoms with Gasteiger partial charge in [0.1, 0.15) is 18.0 Å². The molecule has 0 atom stereocenters. The number of nitrogens with zero attached hydrogens (tertiary/aromatic N) is 2. The van der Waals surface area contributed by atoms with E-state index in [9.17, 15) is 0 Å². The number of nitrogens with two attached hydrogens (primary N) is 1. The van der Waals surface area contributed by atoms with Gasteiger partial charge in [0.15, 0.2) is 0 Å². The molecule has 0 aromatic carbocycles. The van der Waals surface area contributed by atoms with Gasteiger partial charge in [-0.25, -0.2) is 9.97 Å². The minimum atomic E-state index is 0.304. The zero-order valence-corrected chi connectivity index (χ0v) is 12.4. The third kappa shape index (κ3) is 3.23.